The molecule has 3 aromatic rings. The van der Waals surface area contributed by atoms with E-state index in [0.717, 1.165) is 24.2 Å². The van der Waals surface area contributed by atoms with Crippen LogP contribution in [0.15, 0.2) is 65.7 Å². The van der Waals surface area contributed by atoms with Gasteiger partial charge in [-0.1, -0.05) is 35.5 Å². The van der Waals surface area contributed by atoms with E-state index in [1.807, 2.05) is 41.2 Å². The first-order valence-corrected chi connectivity index (χ1v) is 8.17. The van der Waals surface area contributed by atoms with Crippen LogP contribution in [0.25, 0.3) is 5.69 Å². The van der Waals surface area contributed by atoms with Crippen LogP contribution in [0.1, 0.15) is 11.3 Å². The molecule has 0 saturated heterocycles. The van der Waals surface area contributed by atoms with Gasteiger partial charge in [0.15, 0.2) is 0 Å². The van der Waals surface area contributed by atoms with Crippen molar-refractivity contribution in [1.82, 2.24) is 15.0 Å². The standard InChI is InChI=1S/C17H17N3S/c1-21-17-11-8-14(9-12-17)7-10-15-13-20(19-18-15)16-5-3-2-4-6-16/h2-6,8-9,11-13H,7,10H2,1H3. The van der Waals surface area contributed by atoms with Crippen LogP contribution in [0, 0.1) is 0 Å². The second-order valence-electron chi connectivity index (χ2n) is 4.84. The molecule has 0 amide bonds. The molecule has 0 aliphatic carbocycles. The van der Waals surface area contributed by atoms with Gasteiger partial charge in [-0.25, -0.2) is 4.68 Å². The highest BCUT2D eigenvalue weighted by Crippen LogP contribution is 2.16. The van der Waals surface area contributed by atoms with Crippen LogP contribution in [0.3, 0.4) is 0 Å². The maximum atomic E-state index is 4.25. The zero-order chi connectivity index (χ0) is 14.5. The molecule has 0 bridgehead atoms. The molecule has 0 radical (unpaired) electrons. The highest BCUT2D eigenvalue weighted by atomic mass is 32.2. The third-order valence-electron chi connectivity index (χ3n) is 3.39. The Labute approximate surface area is 129 Å². The predicted octanol–water partition coefficient (Wildman–Crippen LogP) is 3.77. The van der Waals surface area contributed by atoms with E-state index >= 15 is 0 Å². The molecule has 0 fully saturated rings. The fourth-order valence-electron chi connectivity index (χ4n) is 2.18. The van der Waals surface area contributed by atoms with Crippen molar-refractivity contribution in [3.63, 3.8) is 0 Å². The number of nitrogens with zero attached hydrogens (tertiary/aromatic N) is 3. The Balaban J connectivity index is 1.64. The first-order chi connectivity index (χ1) is 10.3. The van der Waals surface area contributed by atoms with Crippen LogP contribution in [0.2, 0.25) is 0 Å². The molecule has 0 aliphatic heterocycles. The number of benzene rings is 2. The summed E-state index contributed by atoms with van der Waals surface area (Å²) in [5.74, 6) is 0. The van der Waals surface area contributed by atoms with Crippen LogP contribution in [-0.2, 0) is 12.8 Å². The second kappa shape index (κ2) is 6.59. The van der Waals surface area contributed by atoms with Crippen molar-refractivity contribution in [1.29, 1.82) is 0 Å². The van der Waals surface area contributed by atoms with Gasteiger partial charge in [0.25, 0.3) is 0 Å². The topological polar surface area (TPSA) is 30.7 Å². The fourth-order valence-corrected chi connectivity index (χ4v) is 2.59. The third kappa shape index (κ3) is 3.52. The summed E-state index contributed by atoms with van der Waals surface area (Å²) in [5, 5.41) is 8.44. The van der Waals surface area contributed by atoms with Crippen LogP contribution >= 0.6 is 11.8 Å². The van der Waals surface area contributed by atoms with Crippen molar-refractivity contribution >= 4 is 11.8 Å². The molecule has 4 heteroatoms. The summed E-state index contributed by atoms with van der Waals surface area (Å²) >= 11 is 1.77. The quantitative estimate of drug-likeness (QED) is 0.671. The SMILES string of the molecule is CSc1ccc(CCc2cn(-c3ccccc3)nn2)cc1. The maximum absolute atomic E-state index is 4.25. The number of rotatable bonds is 5. The lowest BCUT2D eigenvalue weighted by Crippen LogP contribution is -1.93. The highest BCUT2D eigenvalue weighted by Gasteiger charge is 2.03. The molecule has 0 atom stereocenters. The average Bonchev–Trinajstić information content (AvgIpc) is 3.03. The smallest absolute Gasteiger partial charge is 0.0835 e. The molecule has 106 valence electrons. The van der Waals surface area contributed by atoms with Crippen LogP contribution in [0.5, 0.6) is 0 Å². The van der Waals surface area contributed by atoms with Crippen molar-refractivity contribution in [2.24, 2.45) is 0 Å². The van der Waals surface area contributed by atoms with E-state index in [0.29, 0.717) is 0 Å². The van der Waals surface area contributed by atoms with Crippen LogP contribution in [0.4, 0.5) is 0 Å². The lowest BCUT2D eigenvalue weighted by molar-refractivity contribution is 0.794. The van der Waals surface area contributed by atoms with Gasteiger partial charge in [0.2, 0.25) is 0 Å². The molecule has 1 heterocycles. The van der Waals surface area contributed by atoms with Gasteiger partial charge in [0.05, 0.1) is 17.6 Å². The van der Waals surface area contributed by atoms with Crippen molar-refractivity contribution in [2.75, 3.05) is 6.26 Å². The molecule has 0 N–H and O–H groups in total. The lowest BCUT2D eigenvalue weighted by atomic mass is 10.1. The summed E-state index contributed by atoms with van der Waals surface area (Å²) in [7, 11) is 0. The van der Waals surface area contributed by atoms with Crippen molar-refractivity contribution in [3.05, 3.63) is 72.1 Å². The van der Waals surface area contributed by atoms with Gasteiger partial charge in [-0.2, -0.15) is 0 Å². The maximum Gasteiger partial charge on any atom is 0.0835 e. The van der Waals surface area contributed by atoms with E-state index in [4.69, 9.17) is 0 Å². The summed E-state index contributed by atoms with van der Waals surface area (Å²) in [6.07, 6.45) is 6.00. The van der Waals surface area contributed by atoms with Gasteiger partial charge in [0, 0.05) is 4.90 Å². The number of hydrogen-bond acceptors (Lipinski definition) is 3. The van der Waals surface area contributed by atoms with E-state index in [9.17, 15) is 0 Å². The third-order valence-corrected chi connectivity index (χ3v) is 4.13. The van der Waals surface area contributed by atoms with E-state index in [1.54, 1.807) is 11.8 Å². The van der Waals surface area contributed by atoms with Crippen LogP contribution in [-0.4, -0.2) is 21.2 Å². The first-order valence-electron chi connectivity index (χ1n) is 6.95. The molecular weight excluding hydrogens is 278 g/mol. The Morgan fingerprint density at radius 1 is 0.952 bits per heavy atom. The van der Waals surface area contributed by atoms with Gasteiger partial charge < -0.3 is 0 Å². The van der Waals surface area contributed by atoms with Crippen molar-refractivity contribution < 1.29 is 0 Å². The minimum atomic E-state index is 0.908. The molecule has 0 spiro atoms. The Kier molecular flexibility index (Phi) is 4.36. The molecule has 3 nitrogen and oxygen atoms in total. The summed E-state index contributed by atoms with van der Waals surface area (Å²) in [6.45, 7) is 0. The van der Waals surface area contributed by atoms with E-state index in [1.165, 1.54) is 10.5 Å². The summed E-state index contributed by atoms with van der Waals surface area (Å²) in [4.78, 5) is 1.30. The van der Waals surface area contributed by atoms with Gasteiger partial charge in [-0.3, -0.25) is 0 Å². The minimum Gasteiger partial charge on any atom is -0.220 e. The zero-order valence-electron chi connectivity index (χ0n) is 11.9. The summed E-state index contributed by atoms with van der Waals surface area (Å²) < 4.78 is 1.83. The number of aromatic nitrogens is 3. The largest absolute Gasteiger partial charge is 0.220 e. The van der Waals surface area contributed by atoms with E-state index in [-0.39, 0.29) is 0 Å². The molecule has 0 aliphatic rings. The Hall–Kier alpha value is -2.07. The number of thioether (sulfide) groups is 1. The van der Waals surface area contributed by atoms with E-state index in [2.05, 4.69) is 40.8 Å². The molecule has 0 saturated carbocycles. The highest BCUT2D eigenvalue weighted by molar-refractivity contribution is 7.98. The fraction of sp³-hybridized carbons (Fsp3) is 0.176. The molecule has 3 rings (SSSR count). The van der Waals surface area contributed by atoms with Gasteiger partial charge in [-0.05, 0) is 48.9 Å². The number of hydrogen-bond donors (Lipinski definition) is 0. The predicted molar refractivity (Wildman–Crippen MR) is 87.0 cm³/mol. The normalized spacial score (nSPS) is 10.7. The number of para-hydroxylation sites is 1. The number of aryl methyl sites for hydroxylation is 2. The molecule has 0 unspecified atom stereocenters. The Morgan fingerprint density at radius 3 is 2.43 bits per heavy atom. The Morgan fingerprint density at radius 2 is 1.71 bits per heavy atom. The van der Waals surface area contributed by atoms with Crippen molar-refractivity contribution in [3.8, 4) is 5.69 Å². The van der Waals surface area contributed by atoms with Crippen LogP contribution < -0.4 is 0 Å². The second-order valence-corrected chi connectivity index (χ2v) is 5.72. The van der Waals surface area contributed by atoms with Crippen molar-refractivity contribution in [2.45, 2.75) is 17.7 Å². The van der Waals surface area contributed by atoms with Gasteiger partial charge in [0.1, 0.15) is 0 Å². The monoisotopic (exact) mass is 295 g/mol. The molecule has 1 aromatic heterocycles. The van der Waals surface area contributed by atoms with Gasteiger partial charge >= 0.3 is 0 Å². The lowest BCUT2D eigenvalue weighted by Gasteiger charge is -2.01. The molecular formula is C17H17N3S. The van der Waals surface area contributed by atoms with E-state index < -0.39 is 0 Å². The average molecular weight is 295 g/mol. The van der Waals surface area contributed by atoms with Gasteiger partial charge in [-0.15, -0.1) is 16.9 Å². The minimum absolute atomic E-state index is 0.908. The first kappa shape index (κ1) is 13.9. The summed E-state index contributed by atoms with van der Waals surface area (Å²) in [6, 6.07) is 18.8. The molecule has 21 heavy (non-hydrogen) atoms. The Bertz CT molecular complexity index is 690. The zero-order valence-corrected chi connectivity index (χ0v) is 12.8. The summed E-state index contributed by atoms with van der Waals surface area (Å²) in [5.41, 5.74) is 3.40. The molecule has 2 aromatic carbocycles.